The zero-order chi connectivity index (χ0) is 14.6. The quantitative estimate of drug-likeness (QED) is 0.777. The van der Waals surface area contributed by atoms with Gasteiger partial charge in [-0.1, -0.05) is 19.1 Å². The highest BCUT2D eigenvalue weighted by Gasteiger charge is 2.45. The number of nitrogens with zero attached hydrogens (tertiary/aromatic N) is 2. The molecule has 5 heteroatoms. The molecule has 1 fully saturated rings. The average Bonchev–Trinajstić information content (AvgIpc) is 2.80. The van der Waals surface area contributed by atoms with Crippen molar-refractivity contribution in [1.29, 1.82) is 0 Å². The largest absolute Gasteiger partial charge is 0.481 e. The summed E-state index contributed by atoms with van der Waals surface area (Å²) in [5.74, 6) is -0.798. The number of carbonyl (C=O) groups is 2. The van der Waals surface area contributed by atoms with Crippen molar-refractivity contribution < 1.29 is 14.7 Å². The Balaban J connectivity index is 2.75. The molecule has 0 saturated carbocycles. The van der Waals surface area contributed by atoms with Crippen LogP contribution in [0.15, 0.2) is 12.2 Å². The maximum Gasteiger partial charge on any atom is 0.320 e. The van der Waals surface area contributed by atoms with Gasteiger partial charge in [0.05, 0.1) is 5.41 Å². The number of rotatable bonds is 5. The van der Waals surface area contributed by atoms with E-state index in [1.165, 1.54) is 0 Å². The van der Waals surface area contributed by atoms with Crippen LogP contribution in [0.5, 0.6) is 0 Å². The molecule has 0 radical (unpaired) electrons. The Kier molecular flexibility index (Phi) is 4.97. The van der Waals surface area contributed by atoms with Crippen molar-refractivity contribution in [3.63, 3.8) is 0 Å². The first-order valence-corrected chi connectivity index (χ1v) is 6.78. The minimum atomic E-state index is -0.798. The molecule has 1 atom stereocenters. The maximum absolute atomic E-state index is 12.4. The molecule has 5 nitrogen and oxygen atoms in total. The Bertz CT molecular complexity index is 381. The molecule has 1 unspecified atom stereocenters. The molecule has 1 aliphatic rings. The van der Waals surface area contributed by atoms with Gasteiger partial charge in [-0.25, -0.2) is 4.79 Å². The Morgan fingerprint density at radius 2 is 2.05 bits per heavy atom. The molecule has 19 heavy (non-hydrogen) atoms. The van der Waals surface area contributed by atoms with E-state index in [2.05, 4.69) is 6.58 Å². The second kappa shape index (κ2) is 6.08. The number of likely N-dealkylation sites (tertiary alicyclic amines) is 1. The average molecular weight is 268 g/mol. The summed E-state index contributed by atoms with van der Waals surface area (Å²) < 4.78 is 0. The fourth-order valence-electron chi connectivity index (χ4n) is 2.49. The van der Waals surface area contributed by atoms with E-state index in [9.17, 15) is 14.7 Å². The van der Waals surface area contributed by atoms with Crippen LogP contribution in [0.3, 0.4) is 0 Å². The number of carbonyl (C=O) groups excluding carboxylic acids is 1. The predicted octanol–water partition coefficient (Wildman–Crippen LogP) is 2.19. The summed E-state index contributed by atoms with van der Waals surface area (Å²) in [6.07, 6.45) is 1.09. The van der Waals surface area contributed by atoms with Crippen molar-refractivity contribution in [3.05, 3.63) is 12.2 Å². The zero-order valence-corrected chi connectivity index (χ0v) is 12.1. The highest BCUT2D eigenvalue weighted by molar-refractivity contribution is 5.80. The Morgan fingerprint density at radius 3 is 2.42 bits per heavy atom. The number of hydrogen-bond donors (Lipinski definition) is 1. The van der Waals surface area contributed by atoms with E-state index in [1.807, 2.05) is 20.8 Å². The van der Waals surface area contributed by atoms with E-state index in [4.69, 9.17) is 0 Å². The number of carboxylic acid groups (broad SMARTS) is 1. The SMILES string of the molecule is C=C(C)CN(CC)C(=O)N1CCC(CC)(C(=O)O)C1. The van der Waals surface area contributed by atoms with E-state index in [1.54, 1.807) is 9.80 Å². The summed E-state index contributed by atoms with van der Waals surface area (Å²) in [5, 5.41) is 9.34. The van der Waals surface area contributed by atoms with Gasteiger partial charge in [0.15, 0.2) is 0 Å². The molecule has 1 rings (SSSR count). The van der Waals surface area contributed by atoms with Gasteiger partial charge in [0.1, 0.15) is 0 Å². The van der Waals surface area contributed by atoms with E-state index in [0.717, 1.165) is 5.57 Å². The van der Waals surface area contributed by atoms with Gasteiger partial charge in [-0.2, -0.15) is 0 Å². The van der Waals surface area contributed by atoms with Gasteiger partial charge in [0, 0.05) is 26.2 Å². The third kappa shape index (κ3) is 3.28. The molecule has 0 bridgehead atoms. The molecule has 0 spiro atoms. The fourth-order valence-corrected chi connectivity index (χ4v) is 2.49. The number of likely N-dealkylation sites (N-methyl/N-ethyl adjacent to an activating group) is 1. The monoisotopic (exact) mass is 268 g/mol. The van der Waals surface area contributed by atoms with E-state index < -0.39 is 11.4 Å². The van der Waals surface area contributed by atoms with Gasteiger partial charge in [-0.05, 0) is 26.7 Å². The van der Waals surface area contributed by atoms with Crippen LogP contribution >= 0.6 is 0 Å². The Morgan fingerprint density at radius 1 is 1.42 bits per heavy atom. The van der Waals surface area contributed by atoms with Crippen LogP contribution in [0, 0.1) is 5.41 Å². The lowest BCUT2D eigenvalue weighted by Gasteiger charge is -2.28. The lowest BCUT2D eigenvalue weighted by Crippen LogP contribution is -2.44. The summed E-state index contributed by atoms with van der Waals surface area (Å²) in [7, 11) is 0. The summed E-state index contributed by atoms with van der Waals surface area (Å²) in [4.78, 5) is 27.1. The normalized spacial score (nSPS) is 22.4. The van der Waals surface area contributed by atoms with Crippen molar-refractivity contribution in [1.82, 2.24) is 9.80 Å². The Hall–Kier alpha value is -1.52. The summed E-state index contributed by atoms with van der Waals surface area (Å²) in [5.41, 5.74) is 0.160. The number of amides is 2. The molecule has 1 N–H and O–H groups in total. The minimum absolute atomic E-state index is 0.0814. The third-order valence-corrected chi connectivity index (χ3v) is 3.87. The van der Waals surface area contributed by atoms with Crippen LogP contribution in [0.2, 0.25) is 0 Å². The van der Waals surface area contributed by atoms with Gasteiger partial charge >= 0.3 is 12.0 Å². The molecule has 1 aliphatic heterocycles. The van der Waals surface area contributed by atoms with E-state index >= 15 is 0 Å². The second-order valence-electron chi connectivity index (χ2n) is 5.36. The fraction of sp³-hybridized carbons (Fsp3) is 0.714. The van der Waals surface area contributed by atoms with Crippen LogP contribution in [0.4, 0.5) is 4.79 Å². The van der Waals surface area contributed by atoms with Crippen LogP contribution < -0.4 is 0 Å². The number of carboxylic acids is 1. The number of aliphatic carboxylic acids is 1. The minimum Gasteiger partial charge on any atom is -0.481 e. The maximum atomic E-state index is 12.4. The van der Waals surface area contributed by atoms with Gasteiger partial charge < -0.3 is 14.9 Å². The highest BCUT2D eigenvalue weighted by Crippen LogP contribution is 2.34. The first-order valence-electron chi connectivity index (χ1n) is 6.78. The lowest BCUT2D eigenvalue weighted by molar-refractivity contribution is -0.148. The first-order chi connectivity index (χ1) is 8.86. The summed E-state index contributed by atoms with van der Waals surface area (Å²) in [6.45, 7) is 11.4. The molecule has 2 amide bonds. The van der Waals surface area contributed by atoms with Crippen molar-refractivity contribution in [3.8, 4) is 0 Å². The van der Waals surface area contributed by atoms with Gasteiger partial charge in [0.25, 0.3) is 0 Å². The molecule has 0 aliphatic carbocycles. The van der Waals surface area contributed by atoms with Gasteiger partial charge in [0.2, 0.25) is 0 Å². The molecule has 108 valence electrons. The standard InChI is InChI=1S/C14H24N2O3/c1-5-14(12(17)18)7-8-16(10-14)13(19)15(6-2)9-11(3)4/h3,5-10H2,1-2,4H3,(H,17,18). The number of hydrogen-bond acceptors (Lipinski definition) is 2. The predicted molar refractivity (Wildman–Crippen MR) is 74.0 cm³/mol. The van der Waals surface area contributed by atoms with Crippen LogP contribution in [0.1, 0.15) is 33.6 Å². The van der Waals surface area contributed by atoms with Crippen molar-refractivity contribution in [2.24, 2.45) is 5.41 Å². The second-order valence-corrected chi connectivity index (χ2v) is 5.36. The molecule has 0 aromatic rings. The topological polar surface area (TPSA) is 60.9 Å². The van der Waals surface area contributed by atoms with Crippen molar-refractivity contribution in [2.75, 3.05) is 26.2 Å². The zero-order valence-electron chi connectivity index (χ0n) is 12.1. The van der Waals surface area contributed by atoms with Gasteiger partial charge in [-0.15, -0.1) is 0 Å². The first kappa shape index (κ1) is 15.5. The molecule has 0 aromatic carbocycles. The van der Waals surface area contributed by atoms with Gasteiger partial charge in [-0.3, -0.25) is 4.79 Å². The van der Waals surface area contributed by atoms with Crippen LogP contribution in [-0.4, -0.2) is 53.1 Å². The molecule has 1 saturated heterocycles. The van der Waals surface area contributed by atoms with Crippen LogP contribution in [0.25, 0.3) is 0 Å². The third-order valence-electron chi connectivity index (χ3n) is 3.87. The van der Waals surface area contributed by atoms with E-state index in [-0.39, 0.29) is 6.03 Å². The Labute approximate surface area is 114 Å². The highest BCUT2D eigenvalue weighted by atomic mass is 16.4. The summed E-state index contributed by atoms with van der Waals surface area (Å²) >= 11 is 0. The lowest BCUT2D eigenvalue weighted by atomic mass is 9.84. The van der Waals surface area contributed by atoms with Crippen molar-refractivity contribution in [2.45, 2.75) is 33.6 Å². The smallest absolute Gasteiger partial charge is 0.320 e. The molecule has 0 aromatic heterocycles. The molecular weight excluding hydrogens is 244 g/mol. The van der Waals surface area contributed by atoms with E-state index in [0.29, 0.717) is 39.0 Å². The van der Waals surface area contributed by atoms with Crippen molar-refractivity contribution >= 4 is 12.0 Å². The molecule has 1 heterocycles. The molecular formula is C14H24N2O3. The summed E-state index contributed by atoms with van der Waals surface area (Å²) in [6, 6.07) is -0.0814. The van der Waals surface area contributed by atoms with Crippen LogP contribution in [-0.2, 0) is 4.79 Å². The number of urea groups is 1.